The summed E-state index contributed by atoms with van der Waals surface area (Å²) in [5.41, 5.74) is 7.91. The van der Waals surface area contributed by atoms with Crippen LogP contribution in [0.25, 0.3) is 0 Å². The number of benzene rings is 1. The molecule has 1 aromatic carbocycles. The van der Waals surface area contributed by atoms with Crippen molar-refractivity contribution in [1.29, 1.82) is 0 Å². The van der Waals surface area contributed by atoms with Gasteiger partial charge in [0.25, 0.3) is 0 Å². The fraction of sp³-hybridized carbons (Fsp3) is 0.533. The van der Waals surface area contributed by atoms with E-state index in [1.54, 1.807) is 6.07 Å². The molecule has 0 spiro atoms. The van der Waals surface area contributed by atoms with Crippen molar-refractivity contribution in [1.82, 2.24) is 4.90 Å². The van der Waals surface area contributed by atoms with E-state index >= 15 is 0 Å². The second kappa shape index (κ2) is 6.13. The molecule has 5 nitrogen and oxygen atoms in total. The lowest BCUT2D eigenvalue weighted by atomic mass is 10.1. The van der Waals surface area contributed by atoms with Gasteiger partial charge in [-0.1, -0.05) is 6.07 Å². The van der Waals surface area contributed by atoms with E-state index in [0.717, 1.165) is 18.8 Å². The van der Waals surface area contributed by atoms with Gasteiger partial charge in [0.05, 0.1) is 24.0 Å². The van der Waals surface area contributed by atoms with Gasteiger partial charge in [0.1, 0.15) is 0 Å². The number of nitrogen functional groups attached to an aromatic ring is 1. The number of nitrogens with zero attached hydrogens (tertiary/aromatic N) is 2. The quantitative estimate of drug-likeness (QED) is 0.669. The molecule has 110 valence electrons. The summed E-state index contributed by atoms with van der Waals surface area (Å²) in [6.45, 7) is 2.06. The molecule has 1 fully saturated rings. The Morgan fingerprint density at radius 1 is 1.55 bits per heavy atom. The van der Waals surface area contributed by atoms with Crippen molar-refractivity contribution in [3.63, 3.8) is 0 Å². The third kappa shape index (κ3) is 2.88. The number of ether oxygens (including phenoxy) is 1. The van der Waals surface area contributed by atoms with Crippen molar-refractivity contribution in [3.05, 3.63) is 23.8 Å². The van der Waals surface area contributed by atoms with Gasteiger partial charge in [-0.15, -0.1) is 0 Å². The summed E-state index contributed by atoms with van der Waals surface area (Å²) in [4.78, 5) is 16.2. The van der Waals surface area contributed by atoms with E-state index in [1.807, 2.05) is 19.2 Å². The molecule has 1 heterocycles. The van der Waals surface area contributed by atoms with E-state index in [9.17, 15) is 4.79 Å². The average molecular weight is 277 g/mol. The molecular formula is C15H23N3O2. The van der Waals surface area contributed by atoms with Crippen LogP contribution in [0.3, 0.4) is 0 Å². The monoisotopic (exact) mass is 277 g/mol. The number of methoxy groups -OCH3 is 1. The van der Waals surface area contributed by atoms with Gasteiger partial charge in [0.15, 0.2) is 0 Å². The normalized spacial score (nSPS) is 19.1. The second-order valence-corrected chi connectivity index (χ2v) is 5.39. The Balaban J connectivity index is 2.17. The highest BCUT2D eigenvalue weighted by molar-refractivity contribution is 5.98. The summed E-state index contributed by atoms with van der Waals surface area (Å²) in [6, 6.07) is 6.02. The zero-order valence-electron chi connectivity index (χ0n) is 12.4. The smallest absolute Gasteiger partial charge is 0.340 e. The molecule has 0 saturated carbocycles. The number of para-hydroxylation sites is 1. The Kier molecular flexibility index (Phi) is 4.49. The third-order valence-corrected chi connectivity index (χ3v) is 4.06. The highest BCUT2D eigenvalue weighted by Crippen LogP contribution is 2.27. The molecule has 0 amide bonds. The first-order valence-electron chi connectivity index (χ1n) is 6.92. The maximum absolute atomic E-state index is 11.7. The van der Waals surface area contributed by atoms with Crippen LogP contribution >= 0.6 is 0 Å². The average Bonchev–Trinajstić information content (AvgIpc) is 2.83. The van der Waals surface area contributed by atoms with Crippen LogP contribution in [-0.4, -0.2) is 51.2 Å². The molecule has 1 aliphatic heterocycles. The molecule has 1 aromatic rings. The number of carbonyl (C=O) groups excluding carboxylic acids is 1. The summed E-state index contributed by atoms with van der Waals surface area (Å²) in [6.07, 6.45) is 2.45. The number of likely N-dealkylation sites (tertiary alicyclic amines) is 1. The van der Waals surface area contributed by atoms with Crippen LogP contribution in [0.5, 0.6) is 0 Å². The molecule has 0 bridgehead atoms. The molecular weight excluding hydrogens is 254 g/mol. The van der Waals surface area contributed by atoms with E-state index < -0.39 is 5.97 Å². The van der Waals surface area contributed by atoms with Gasteiger partial charge in [-0.25, -0.2) is 4.79 Å². The zero-order valence-corrected chi connectivity index (χ0v) is 12.4. The first-order valence-corrected chi connectivity index (χ1v) is 6.92. The summed E-state index contributed by atoms with van der Waals surface area (Å²) in [7, 11) is 5.53. The maximum Gasteiger partial charge on any atom is 0.340 e. The van der Waals surface area contributed by atoms with Crippen LogP contribution in [0, 0.1) is 0 Å². The molecule has 20 heavy (non-hydrogen) atoms. The highest BCUT2D eigenvalue weighted by Gasteiger charge is 2.23. The van der Waals surface area contributed by atoms with Gasteiger partial charge in [0.2, 0.25) is 0 Å². The van der Waals surface area contributed by atoms with Crippen molar-refractivity contribution in [3.8, 4) is 0 Å². The molecule has 2 N–H and O–H groups in total. The van der Waals surface area contributed by atoms with E-state index in [2.05, 4.69) is 16.8 Å². The van der Waals surface area contributed by atoms with Crippen molar-refractivity contribution >= 4 is 17.3 Å². The van der Waals surface area contributed by atoms with Gasteiger partial charge in [-0.3, -0.25) is 0 Å². The van der Waals surface area contributed by atoms with Gasteiger partial charge in [-0.05, 0) is 38.6 Å². The Morgan fingerprint density at radius 2 is 2.30 bits per heavy atom. The minimum absolute atomic E-state index is 0.393. The SMILES string of the molecule is COC(=O)c1cccc(N(C)CC2CCCN2C)c1N. The largest absolute Gasteiger partial charge is 0.465 e. The maximum atomic E-state index is 11.7. The highest BCUT2D eigenvalue weighted by atomic mass is 16.5. The fourth-order valence-electron chi connectivity index (χ4n) is 2.80. The lowest BCUT2D eigenvalue weighted by Crippen LogP contribution is -2.37. The Morgan fingerprint density at radius 3 is 2.90 bits per heavy atom. The molecule has 0 radical (unpaired) electrons. The number of likely N-dealkylation sites (N-methyl/N-ethyl adjacent to an activating group) is 2. The number of anilines is 2. The third-order valence-electron chi connectivity index (χ3n) is 4.06. The second-order valence-electron chi connectivity index (χ2n) is 5.39. The molecule has 1 atom stereocenters. The molecule has 1 saturated heterocycles. The number of nitrogens with two attached hydrogens (primary N) is 1. The topological polar surface area (TPSA) is 58.8 Å². The number of hydrogen-bond donors (Lipinski definition) is 1. The number of rotatable bonds is 4. The lowest BCUT2D eigenvalue weighted by molar-refractivity contribution is 0.0602. The zero-order chi connectivity index (χ0) is 14.7. The van der Waals surface area contributed by atoms with Gasteiger partial charge < -0.3 is 20.3 Å². The van der Waals surface area contributed by atoms with Crippen molar-refractivity contribution in [2.24, 2.45) is 0 Å². The summed E-state index contributed by atoms with van der Waals surface area (Å²) >= 11 is 0. The molecule has 0 aliphatic carbocycles. The molecule has 1 aliphatic rings. The predicted octanol–water partition coefficient (Wildman–Crippen LogP) is 1.59. The lowest BCUT2D eigenvalue weighted by Gasteiger charge is -2.28. The van der Waals surface area contributed by atoms with Crippen LogP contribution in [0.15, 0.2) is 18.2 Å². The Hall–Kier alpha value is -1.75. The predicted molar refractivity (Wildman–Crippen MR) is 81.1 cm³/mol. The van der Waals surface area contributed by atoms with Crippen molar-refractivity contribution < 1.29 is 9.53 Å². The van der Waals surface area contributed by atoms with E-state index in [1.165, 1.54) is 20.0 Å². The van der Waals surface area contributed by atoms with Crippen molar-refractivity contribution in [2.75, 3.05) is 44.9 Å². The van der Waals surface area contributed by atoms with Crippen LogP contribution < -0.4 is 10.6 Å². The fourth-order valence-corrected chi connectivity index (χ4v) is 2.80. The Labute approximate surface area is 120 Å². The van der Waals surface area contributed by atoms with Crippen molar-refractivity contribution in [2.45, 2.75) is 18.9 Å². The van der Waals surface area contributed by atoms with Crippen LogP contribution in [0.4, 0.5) is 11.4 Å². The summed E-state index contributed by atoms with van der Waals surface area (Å²) < 4.78 is 4.76. The minimum atomic E-state index is -0.393. The van der Waals surface area contributed by atoms with E-state index in [4.69, 9.17) is 10.5 Å². The number of esters is 1. The van der Waals surface area contributed by atoms with Gasteiger partial charge in [0, 0.05) is 19.6 Å². The summed E-state index contributed by atoms with van der Waals surface area (Å²) in [5.74, 6) is -0.393. The molecule has 0 aromatic heterocycles. The number of hydrogen-bond acceptors (Lipinski definition) is 5. The minimum Gasteiger partial charge on any atom is -0.465 e. The molecule has 2 rings (SSSR count). The standard InChI is InChI=1S/C15H23N3O2/c1-17-9-5-6-11(17)10-18(2)13-8-4-7-12(14(13)16)15(19)20-3/h4,7-8,11H,5-6,9-10,16H2,1-3H3. The molecule has 5 heteroatoms. The van der Waals surface area contributed by atoms with Crippen LogP contribution in [0.2, 0.25) is 0 Å². The summed E-state index contributed by atoms with van der Waals surface area (Å²) in [5, 5.41) is 0. The Bertz CT molecular complexity index is 490. The van der Waals surface area contributed by atoms with Gasteiger partial charge in [-0.2, -0.15) is 0 Å². The molecule has 1 unspecified atom stereocenters. The van der Waals surface area contributed by atoms with Crippen LogP contribution in [0.1, 0.15) is 23.2 Å². The first kappa shape index (κ1) is 14.7. The van der Waals surface area contributed by atoms with Gasteiger partial charge >= 0.3 is 5.97 Å². The van der Waals surface area contributed by atoms with E-state index in [0.29, 0.717) is 17.3 Å². The first-order chi connectivity index (χ1) is 9.54. The van der Waals surface area contributed by atoms with Crippen LogP contribution in [-0.2, 0) is 4.74 Å². The number of carbonyl (C=O) groups is 1. The van der Waals surface area contributed by atoms with E-state index in [-0.39, 0.29) is 0 Å².